The lowest BCUT2D eigenvalue weighted by atomic mass is 9.89. The van der Waals surface area contributed by atoms with E-state index in [9.17, 15) is 0 Å². The van der Waals surface area contributed by atoms with Crippen molar-refractivity contribution in [2.75, 3.05) is 9.80 Å². The van der Waals surface area contributed by atoms with Gasteiger partial charge in [0.1, 0.15) is 11.6 Å². The first-order chi connectivity index (χ1) is 39.2. The number of hydrogen-bond donors (Lipinski definition) is 0. The van der Waals surface area contributed by atoms with E-state index >= 15 is 8.78 Å². The molecule has 0 radical (unpaired) electrons. The molecule has 0 amide bonds. The van der Waals surface area contributed by atoms with Gasteiger partial charge in [-0.1, -0.05) is 206 Å². The standard InChI is InChI=1S/C76H54F2N2/c1-47-19-5-11-27-57(47)55-43-65(59-29-13-7-21-49(59)3)75(67(77)45-55)79(69-33-17-25-51-23-9-15-31-61(51)69)71-41-37-53-36-40-64-72(42-38-54-35-39-63(71)73(53)74(54)64)80(70-34-18-26-52-24-10-16-32-62(52)70)76-66(60-30-14-8-22-50(60)4)44-56(46-68(76)78)58-28-12-6-20-48(58)2/h5-46H,1-4H3. The summed E-state index contributed by atoms with van der Waals surface area (Å²) in [6, 6.07) is 87.5. The van der Waals surface area contributed by atoms with Gasteiger partial charge in [0, 0.05) is 32.7 Å². The molecule has 2 nitrogen and oxygen atoms in total. The van der Waals surface area contributed by atoms with Crippen molar-refractivity contribution < 1.29 is 8.78 Å². The van der Waals surface area contributed by atoms with E-state index in [-0.39, 0.29) is 11.6 Å². The first-order valence-corrected chi connectivity index (χ1v) is 27.4. The summed E-state index contributed by atoms with van der Waals surface area (Å²) in [5.41, 5.74) is 15.5. The molecule has 0 atom stereocenters. The number of benzene rings is 14. The van der Waals surface area contributed by atoms with Gasteiger partial charge in [-0.05, 0) is 164 Å². The number of aryl methyl sites for hydroxylation is 4. The highest BCUT2D eigenvalue weighted by Crippen LogP contribution is 2.54. The summed E-state index contributed by atoms with van der Waals surface area (Å²) in [6.45, 7) is 8.36. The molecule has 4 heteroatoms. The monoisotopic (exact) mass is 1030 g/mol. The van der Waals surface area contributed by atoms with Gasteiger partial charge in [0.05, 0.1) is 34.1 Å². The van der Waals surface area contributed by atoms with Gasteiger partial charge in [-0.15, -0.1) is 0 Å². The van der Waals surface area contributed by atoms with Crippen molar-refractivity contribution in [2.45, 2.75) is 27.7 Å². The molecule has 0 aliphatic heterocycles. The second-order valence-electron chi connectivity index (χ2n) is 21.2. The van der Waals surface area contributed by atoms with Crippen molar-refractivity contribution in [1.82, 2.24) is 0 Å². The van der Waals surface area contributed by atoms with Gasteiger partial charge in [0.2, 0.25) is 0 Å². The Morgan fingerprint density at radius 2 is 0.575 bits per heavy atom. The molecule has 0 fully saturated rings. The van der Waals surface area contributed by atoms with Gasteiger partial charge >= 0.3 is 0 Å². The largest absolute Gasteiger partial charge is 0.306 e. The molecule has 0 saturated heterocycles. The van der Waals surface area contributed by atoms with E-state index < -0.39 is 0 Å². The van der Waals surface area contributed by atoms with Crippen molar-refractivity contribution >= 4 is 88.0 Å². The fourth-order valence-corrected chi connectivity index (χ4v) is 12.6. The van der Waals surface area contributed by atoms with Crippen LogP contribution >= 0.6 is 0 Å². The molecule has 80 heavy (non-hydrogen) atoms. The maximum Gasteiger partial charge on any atom is 0.148 e. The number of halogens is 2. The fourth-order valence-electron chi connectivity index (χ4n) is 12.6. The van der Waals surface area contributed by atoms with E-state index in [1.54, 1.807) is 12.1 Å². The average molecular weight is 1030 g/mol. The van der Waals surface area contributed by atoms with E-state index in [1.165, 1.54) is 0 Å². The normalized spacial score (nSPS) is 11.6. The molecule has 14 aromatic rings. The Kier molecular flexibility index (Phi) is 11.8. The van der Waals surface area contributed by atoms with Gasteiger partial charge in [0.25, 0.3) is 0 Å². The van der Waals surface area contributed by atoms with Gasteiger partial charge in [0.15, 0.2) is 0 Å². The van der Waals surface area contributed by atoms with Crippen molar-refractivity contribution in [1.29, 1.82) is 0 Å². The molecule has 0 N–H and O–H groups in total. The third-order valence-electron chi connectivity index (χ3n) is 16.5. The zero-order valence-corrected chi connectivity index (χ0v) is 44.9. The van der Waals surface area contributed by atoms with Gasteiger partial charge in [-0.2, -0.15) is 0 Å². The number of rotatable bonds is 10. The Bertz CT molecular complexity index is 4450. The lowest BCUT2D eigenvalue weighted by Crippen LogP contribution is -2.15. The van der Waals surface area contributed by atoms with Crippen molar-refractivity contribution in [2.24, 2.45) is 0 Å². The van der Waals surface area contributed by atoms with Gasteiger partial charge in [-0.3, -0.25) is 0 Å². The van der Waals surface area contributed by atoms with E-state index in [4.69, 9.17) is 0 Å². The molecule has 0 saturated carbocycles. The van der Waals surface area contributed by atoms with E-state index in [0.29, 0.717) is 11.4 Å². The van der Waals surface area contributed by atoms with Crippen LogP contribution in [0.3, 0.4) is 0 Å². The minimum atomic E-state index is -0.337. The highest BCUT2D eigenvalue weighted by molar-refractivity contribution is 6.29. The van der Waals surface area contributed by atoms with Crippen LogP contribution in [-0.2, 0) is 0 Å². The lowest BCUT2D eigenvalue weighted by molar-refractivity contribution is 0.629. The quantitative estimate of drug-likeness (QED) is 0.126. The van der Waals surface area contributed by atoms with Crippen LogP contribution in [0.15, 0.2) is 255 Å². The van der Waals surface area contributed by atoms with Crippen LogP contribution in [0.4, 0.5) is 42.9 Å². The Hall–Kier alpha value is -9.90. The molecule has 0 aromatic heterocycles. The fraction of sp³-hybridized carbons (Fsp3) is 0.0526. The second-order valence-corrected chi connectivity index (χ2v) is 21.2. The van der Waals surface area contributed by atoms with Gasteiger partial charge in [-0.25, -0.2) is 8.78 Å². The minimum absolute atomic E-state index is 0.337. The molecule has 0 bridgehead atoms. The van der Waals surface area contributed by atoms with Crippen LogP contribution in [-0.4, -0.2) is 0 Å². The van der Waals surface area contributed by atoms with Crippen molar-refractivity contribution in [3.63, 3.8) is 0 Å². The summed E-state index contributed by atoms with van der Waals surface area (Å²) in [4.78, 5) is 4.33. The van der Waals surface area contributed by atoms with Crippen LogP contribution in [0, 0.1) is 39.3 Å². The number of anilines is 6. The van der Waals surface area contributed by atoms with E-state index in [2.05, 4.69) is 232 Å². The first kappa shape index (κ1) is 48.5. The van der Waals surface area contributed by atoms with E-state index in [1.807, 2.05) is 48.5 Å². The Morgan fingerprint density at radius 3 is 0.975 bits per heavy atom. The molecule has 0 spiro atoms. The summed E-state index contributed by atoms with van der Waals surface area (Å²) in [6.07, 6.45) is 0. The number of nitrogens with zero attached hydrogens (tertiary/aromatic N) is 2. The minimum Gasteiger partial charge on any atom is -0.306 e. The molecular formula is C76H54F2N2. The highest BCUT2D eigenvalue weighted by atomic mass is 19.1. The SMILES string of the molecule is Cc1ccccc1-c1cc(F)c(N(c2cccc3ccccc23)c2ccc3ccc4c(N(c5c(F)cc(-c6ccccc6C)cc5-c5ccccc5C)c5cccc6ccccc56)ccc5ccc2c3c54)c(-c2ccccc2C)c1. The third-order valence-corrected chi connectivity index (χ3v) is 16.5. The first-order valence-electron chi connectivity index (χ1n) is 27.4. The van der Waals surface area contributed by atoms with E-state index in [0.717, 1.165) is 143 Å². The number of hydrogen-bond acceptors (Lipinski definition) is 2. The van der Waals surface area contributed by atoms with Crippen LogP contribution < -0.4 is 9.80 Å². The zero-order chi connectivity index (χ0) is 54.2. The average Bonchev–Trinajstić information content (AvgIpc) is 3.51. The van der Waals surface area contributed by atoms with Crippen LogP contribution in [0.25, 0.3) is 98.4 Å². The summed E-state index contributed by atoms with van der Waals surface area (Å²) in [5.74, 6) is -0.675. The molecular weight excluding hydrogens is 979 g/mol. The highest BCUT2D eigenvalue weighted by Gasteiger charge is 2.30. The smallest absolute Gasteiger partial charge is 0.148 e. The molecule has 0 unspecified atom stereocenters. The molecule has 0 heterocycles. The van der Waals surface area contributed by atoms with Crippen molar-refractivity contribution in [3.8, 4) is 44.5 Å². The van der Waals surface area contributed by atoms with Crippen LogP contribution in [0.2, 0.25) is 0 Å². The summed E-state index contributed by atoms with van der Waals surface area (Å²) in [5, 5.41) is 10.1. The predicted octanol–water partition coefficient (Wildman–Crippen LogP) is 22.0. The van der Waals surface area contributed by atoms with Crippen molar-refractivity contribution in [3.05, 3.63) is 289 Å². The third kappa shape index (κ3) is 7.97. The van der Waals surface area contributed by atoms with Gasteiger partial charge < -0.3 is 9.80 Å². The summed E-state index contributed by atoms with van der Waals surface area (Å²) >= 11 is 0. The second kappa shape index (κ2) is 19.5. The molecule has 14 rings (SSSR count). The maximum absolute atomic E-state index is 18.4. The Balaban J connectivity index is 1.07. The van der Waals surface area contributed by atoms with Crippen LogP contribution in [0.5, 0.6) is 0 Å². The number of fused-ring (bicyclic) bond motifs is 2. The zero-order valence-electron chi connectivity index (χ0n) is 44.9. The Morgan fingerprint density at radius 1 is 0.250 bits per heavy atom. The topological polar surface area (TPSA) is 6.48 Å². The Labute approximate surface area is 465 Å². The summed E-state index contributed by atoms with van der Waals surface area (Å²) in [7, 11) is 0. The maximum atomic E-state index is 18.4. The molecule has 0 aliphatic rings. The molecule has 0 aliphatic carbocycles. The molecule has 14 aromatic carbocycles. The summed E-state index contributed by atoms with van der Waals surface area (Å²) < 4.78 is 36.8. The predicted molar refractivity (Wildman–Crippen MR) is 335 cm³/mol. The van der Waals surface area contributed by atoms with Crippen LogP contribution in [0.1, 0.15) is 22.3 Å². The molecule has 382 valence electrons. The lowest BCUT2D eigenvalue weighted by Gasteiger charge is -2.32.